The average molecular weight is 447 g/mol. The maximum absolute atomic E-state index is 13.3. The molecule has 0 unspecified atom stereocenters. The van der Waals surface area contributed by atoms with Crippen molar-refractivity contribution in [3.63, 3.8) is 0 Å². The van der Waals surface area contributed by atoms with Crippen molar-refractivity contribution in [3.05, 3.63) is 63.9 Å². The Bertz CT molecular complexity index is 982. The van der Waals surface area contributed by atoms with E-state index >= 15 is 0 Å². The lowest BCUT2D eigenvalue weighted by Gasteiger charge is -2.34. The fraction of sp³-hybridized carbons (Fsp3) is 0.435. The van der Waals surface area contributed by atoms with E-state index < -0.39 is 10.0 Å². The van der Waals surface area contributed by atoms with Crippen molar-refractivity contribution < 1.29 is 13.2 Å². The zero-order valence-electron chi connectivity index (χ0n) is 17.9. The van der Waals surface area contributed by atoms with Crippen molar-refractivity contribution in [3.8, 4) is 0 Å². The number of aryl methyl sites for hydroxylation is 3. The van der Waals surface area contributed by atoms with E-state index in [9.17, 15) is 13.2 Å². The number of hydrogen-bond donors (Lipinski definition) is 0. The maximum Gasteiger partial charge on any atom is 0.243 e. The monoisotopic (exact) mass is 446 g/mol. The Kier molecular flexibility index (Phi) is 7.16. The van der Waals surface area contributed by atoms with Gasteiger partial charge in [-0.1, -0.05) is 29.8 Å². The summed E-state index contributed by atoms with van der Waals surface area (Å²) in [6.07, 6.45) is 2.83. The molecule has 0 atom stereocenters. The lowest BCUT2D eigenvalue weighted by atomic mass is 9.96. The van der Waals surface area contributed by atoms with Crippen LogP contribution in [-0.4, -0.2) is 43.2 Å². The SMILES string of the molecule is C=CCN(Cc1cccs1)C(=O)C1CCN(S(=O)(=O)c2c(C)cc(C)cc2C)CC1. The van der Waals surface area contributed by atoms with Crippen LogP contribution >= 0.6 is 11.3 Å². The van der Waals surface area contributed by atoms with Gasteiger partial charge in [0.25, 0.3) is 0 Å². The molecule has 30 heavy (non-hydrogen) atoms. The standard InChI is InChI=1S/C23H30N2O3S2/c1-5-10-24(16-21-7-6-13-29-21)23(26)20-8-11-25(12-9-20)30(27,28)22-18(3)14-17(2)15-19(22)4/h5-7,13-15,20H,1,8-12,16H2,2-4H3. The Hall–Kier alpha value is -1.96. The van der Waals surface area contributed by atoms with Crippen molar-refractivity contribution >= 4 is 27.3 Å². The van der Waals surface area contributed by atoms with Gasteiger partial charge < -0.3 is 4.90 Å². The van der Waals surface area contributed by atoms with Crippen molar-refractivity contribution in [2.24, 2.45) is 5.92 Å². The second-order valence-electron chi connectivity index (χ2n) is 7.99. The molecule has 5 nitrogen and oxygen atoms in total. The van der Waals surface area contributed by atoms with Gasteiger partial charge in [0, 0.05) is 30.4 Å². The van der Waals surface area contributed by atoms with E-state index in [2.05, 4.69) is 6.58 Å². The molecule has 1 fully saturated rings. The molecule has 1 aromatic heterocycles. The molecule has 1 saturated heterocycles. The predicted octanol–water partition coefficient (Wildman–Crippen LogP) is 4.29. The van der Waals surface area contributed by atoms with Crippen LogP contribution in [0.25, 0.3) is 0 Å². The van der Waals surface area contributed by atoms with Crippen LogP contribution < -0.4 is 0 Å². The van der Waals surface area contributed by atoms with Crippen LogP contribution in [0.5, 0.6) is 0 Å². The number of piperidine rings is 1. The third-order valence-corrected chi connectivity index (χ3v) is 8.66. The summed E-state index contributed by atoms with van der Waals surface area (Å²) in [5, 5.41) is 2.00. The fourth-order valence-corrected chi connectivity index (χ4v) is 6.88. The number of sulfonamides is 1. The van der Waals surface area contributed by atoms with Gasteiger partial charge in [-0.3, -0.25) is 4.79 Å². The Morgan fingerprint density at radius 1 is 1.23 bits per heavy atom. The summed E-state index contributed by atoms with van der Waals surface area (Å²) in [6.45, 7) is 11.3. The molecule has 7 heteroatoms. The molecular formula is C23H30N2O3S2. The zero-order valence-corrected chi connectivity index (χ0v) is 19.6. The minimum absolute atomic E-state index is 0.0862. The highest BCUT2D eigenvalue weighted by Gasteiger charge is 2.35. The minimum atomic E-state index is -3.57. The van der Waals surface area contributed by atoms with Crippen molar-refractivity contribution in [1.82, 2.24) is 9.21 Å². The molecular weight excluding hydrogens is 416 g/mol. The van der Waals surface area contributed by atoms with E-state index in [1.807, 2.05) is 55.3 Å². The van der Waals surface area contributed by atoms with Crippen molar-refractivity contribution in [1.29, 1.82) is 0 Å². The Balaban J connectivity index is 1.70. The molecule has 1 aliphatic heterocycles. The summed E-state index contributed by atoms with van der Waals surface area (Å²) >= 11 is 1.63. The summed E-state index contributed by atoms with van der Waals surface area (Å²) in [4.78, 5) is 16.5. The molecule has 2 heterocycles. The highest BCUT2D eigenvalue weighted by atomic mass is 32.2. The van der Waals surface area contributed by atoms with Gasteiger partial charge in [-0.2, -0.15) is 4.31 Å². The largest absolute Gasteiger partial charge is 0.334 e. The zero-order chi connectivity index (χ0) is 21.9. The smallest absolute Gasteiger partial charge is 0.243 e. The van der Waals surface area contributed by atoms with Crippen LogP contribution in [0.15, 0.2) is 47.2 Å². The molecule has 0 bridgehead atoms. The molecule has 0 N–H and O–H groups in total. The summed E-state index contributed by atoms with van der Waals surface area (Å²) in [6, 6.07) is 7.83. The Morgan fingerprint density at radius 2 is 1.87 bits per heavy atom. The molecule has 2 aromatic rings. The molecule has 1 aromatic carbocycles. The lowest BCUT2D eigenvalue weighted by molar-refractivity contribution is -0.136. The molecule has 3 rings (SSSR count). The normalized spacial score (nSPS) is 15.8. The van der Waals surface area contributed by atoms with Crippen LogP contribution in [0.3, 0.4) is 0 Å². The summed E-state index contributed by atoms with van der Waals surface area (Å²) in [5.41, 5.74) is 2.61. The van der Waals surface area contributed by atoms with Crippen LogP contribution in [0.4, 0.5) is 0 Å². The van der Waals surface area contributed by atoms with Crippen LogP contribution in [0.2, 0.25) is 0 Å². The molecule has 0 spiro atoms. The van der Waals surface area contributed by atoms with Gasteiger partial charge in [-0.25, -0.2) is 8.42 Å². The number of rotatable bonds is 7. The molecule has 1 aliphatic rings. The molecule has 1 amide bonds. The first kappa shape index (κ1) is 22.7. The lowest BCUT2D eigenvalue weighted by Crippen LogP contribution is -2.44. The van der Waals surface area contributed by atoms with Gasteiger partial charge in [0.05, 0.1) is 11.4 Å². The minimum Gasteiger partial charge on any atom is -0.334 e. The number of amides is 1. The number of hydrogen-bond acceptors (Lipinski definition) is 4. The second-order valence-corrected chi connectivity index (χ2v) is 10.9. The predicted molar refractivity (Wildman–Crippen MR) is 122 cm³/mol. The highest BCUT2D eigenvalue weighted by Crippen LogP contribution is 2.29. The second kappa shape index (κ2) is 9.45. The maximum atomic E-state index is 13.3. The Morgan fingerprint density at radius 3 is 2.40 bits per heavy atom. The van der Waals surface area contributed by atoms with Crippen molar-refractivity contribution in [2.75, 3.05) is 19.6 Å². The van der Waals surface area contributed by atoms with E-state index in [0.717, 1.165) is 21.6 Å². The number of benzene rings is 1. The Labute approximate surface area is 184 Å². The molecule has 0 aliphatic carbocycles. The van der Waals surface area contributed by atoms with Crippen LogP contribution in [0, 0.1) is 26.7 Å². The molecule has 0 saturated carbocycles. The number of thiophene rings is 1. The van der Waals surface area contributed by atoms with E-state index in [-0.39, 0.29) is 11.8 Å². The van der Waals surface area contributed by atoms with E-state index in [1.54, 1.807) is 21.7 Å². The van der Waals surface area contributed by atoms with Gasteiger partial charge in [0.2, 0.25) is 15.9 Å². The highest BCUT2D eigenvalue weighted by molar-refractivity contribution is 7.89. The number of carbonyl (C=O) groups excluding carboxylic acids is 1. The van der Waals surface area contributed by atoms with Gasteiger partial charge in [0.1, 0.15) is 0 Å². The third-order valence-electron chi connectivity index (χ3n) is 5.59. The van der Waals surface area contributed by atoms with Gasteiger partial charge in [0.15, 0.2) is 0 Å². The fourth-order valence-electron chi connectivity index (χ4n) is 4.28. The first-order valence-electron chi connectivity index (χ1n) is 10.2. The van der Waals surface area contributed by atoms with E-state index in [4.69, 9.17) is 0 Å². The first-order chi connectivity index (χ1) is 14.2. The summed E-state index contributed by atoms with van der Waals surface area (Å²) in [7, 11) is -3.57. The van der Waals surface area contributed by atoms with Crippen LogP contribution in [0.1, 0.15) is 34.4 Å². The third kappa shape index (κ3) is 4.85. The first-order valence-corrected chi connectivity index (χ1v) is 12.6. The molecule has 0 radical (unpaired) electrons. The number of nitrogens with zero attached hydrogens (tertiary/aromatic N) is 2. The molecule has 162 valence electrons. The van der Waals surface area contributed by atoms with Crippen LogP contribution in [-0.2, 0) is 21.4 Å². The van der Waals surface area contributed by atoms with Gasteiger partial charge >= 0.3 is 0 Å². The summed E-state index contributed by atoms with van der Waals surface area (Å²) in [5.74, 6) is -0.0698. The quantitative estimate of drug-likeness (QED) is 0.596. The van der Waals surface area contributed by atoms with Gasteiger partial charge in [-0.05, 0) is 56.2 Å². The number of carbonyl (C=O) groups is 1. The van der Waals surface area contributed by atoms with Gasteiger partial charge in [-0.15, -0.1) is 17.9 Å². The average Bonchev–Trinajstić information content (AvgIpc) is 3.19. The van der Waals surface area contributed by atoms with E-state index in [1.165, 1.54) is 0 Å². The summed E-state index contributed by atoms with van der Waals surface area (Å²) < 4.78 is 28.1. The van der Waals surface area contributed by atoms with E-state index in [0.29, 0.717) is 43.9 Å². The van der Waals surface area contributed by atoms with Crippen molar-refractivity contribution in [2.45, 2.75) is 45.1 Å². The topological polar surface area (TPSA) is 57.7 Å².